The Kier molecular flexibility index (Phi) is 4.71. The average molecular weight is 362 g/mol. The molecule has 4 nitrogen and oxygen atoms in total. The van der Waals surface area contributed by atoms with Crippen molar-refractivity contribution in [3.05, 3.63) is 65.2 Å². The summed E-state index contributed by atoms with van der Waals surface area (Å²) in [6, 6.07) is 11.5. The highest BCUT2D eigenvalue weighted by molar-refractivity contribution is 6.01. The molecule has 1 heterocycles. The van der Waals surface area contributed by atoms with Crippen LogP contribution in [0.25, 0.3) is 0 Å². The van der Waals surface area contributed by atoms with Crippen molar-refractivity contribution in [3.63, 3.8) is 0 Å². The van der Waals surface area contributed by atoms with Crippen molar-refractivity contribution in [2.75, 3.05) is 18.0 Å². The van der Waals surface area contributed by atoms with Crippen LogP contribution >= 0.6 is 0 Å². The van der Waals surface area contributed by atoms with E-state index in [1.165, 1.54) is 0 Å². The molecule has 0 saturated carbocycles. The molecule has 0 saturated heterocycles. The number of carbonyl (C=O) groups excluding carboxylic acids is 2. The second-order valence-electron chi connectivity index (χ2n) is 6.22. The number of nitrogens with one attached hydrogen (secondary N) is 1. The molecule has 136 valence electrons. The van der Waals surface area contributed by atoms with Crippen LogP contribution in [0.2, 0.25) is 0 Å². The third kappa shape index (κ3) is 3.56. The van der Waals surface area contributed by atoms with E-state index in [1.807, 2.05) is 31.2 Å². The van der Waals surface area contributed by atoms with E-state index >= 15 is 0 Å². The zero-order valence-electron chi connectivity index (χ0n) is 14.0. The number of amides is 2. The first-order valence-corrected chi connectivity index (χ1v) is 8.12. The summed E-state index contributed by atoms with van der Waals surface area (Å²) in [7, 11) is 0. The van der Waals surface area contributed by atoms with Crippen molar-refractivity contribution in [3.8, 4) is 0 Å². The second-order valence-corrected chi connectivity index (χ2v) is 6.22. The fourth-order valence-electron chi connectivity index (χ4n) is 3.02. The number of halogens is 3. The summed E-state index contributed by atoms with van der Waals surface area (Å²) >= 11 is 0. The number of rotatable bonds is 3. The van der Waals surface area contributed by atoms with Gasteiger partial charge in [0.15, 0.2) is 0 Å². The maximum absolute atomic E-state index is 12.5. The molecule has 1 aliphatic heterocycles. The molecule has 0 aromatic heterocycles. The van der Waals surface area contributed by atoms with E-state index < -0.39 is 17.6 Å². The Balaban J connectivity index is 1.62. The molecular formula is C19H17F3N2O2. The lowest BCUT2D eigenvalue weighted by atomic mass is 10.0. The molecule has 2 amide bonds. The Hall–Kier alpha value is -2.83. The fraction of sp³-hybridized carbons (Fsp3) is 0.263. The maximum Gasteiger partial charge on any atom is 0.416 e. The molecule has 0 bridgehead atoms. The summed E-state index contributed by atoms with van der Waals surface area (Å²) in [5.41, 5.74) is 1.15. The van der Waals surface area contributed by atoms with Gasteiger partial charge in [-0.2, -0.15) is 13.2 Å². The minimum absolute atomic E-state index is 0.0704. The van der Waals surface area contributed by atoms with E-state index in [-0.39, 0.29) is 23.9 Å². The van der Waals surface area contributed by atoms with Gasteiger partial charge in [0, 0.05) is 23.7 Å². The molecule has 26 heavy (non-hydrogen) atoms. The molecule has 0 fully saturated rings. The molecule has 0 spiro atoms. The number of hydrogen-bond donors (Lipinski definition) is 1. The Morgan fingerprint density at radius 2 is 1.77 bits per heavy atom. The molecule has 1 N–H and O–H groups in total. The summed E-state index contributed by atoms with van der Waals surface area (Å²) in [5.74, 6) is -0.643. The number of fused-ring (bicyclic) bond motifs is 1. The number of anilines is 1. The summed E-state index contributed by atoms with van der Waals surface area (Å²) in [6.07, 6.45) is -4.45. The minimum Gasteiger partial charge on any atom is -0.343 e. The van der Waals surface area contributed by atoms with Gasteiger partial charge >= 0.3 is 6.18 Å². The van der Waals surface area contributed by atoms with Gasteiger partial charge in [0.25, 0.3) is 5.91 Å². The van der Waals surface area contributed by atoms with Crippen LogP contribution in [0, 0.1) is 0 Å². The highest BCUT2D eigenvalue weighted by Crippen LogP contribution is 2.35. The van der Waals surface area contributed by atoms with E-state index in [0.29, 0.717) is 6.54 Å². The first-order chi connectivity index (χ1) is 12.3. The molecule has 2 aromatic carbocycles. The maximum atomic E-state index is 12.5. The second kappa shape index (κ2) is 6.82. The largest absolute Gasteiger partial charge is 0.416 e. The van der Waals surface area contributed by atoms with Gasteiger partial charge in [-0.1, -0.05) is 25.1 Å². The molecule has 0 radical (unpaired) electrons. The van der Waals surface area contributed by atoms with Crippen LogP contribution < -0.4 is 10.2 Å². The van der Waals surface area contributed by atoms with E-state index in [2.05, 4.69) is 5.32 Å². The van der Waals surface area contributed by atoms with Crippen LogP contribution in [-0.2, 0) is 11.0 Å². The molecule has 0 aliphatic carbocycles. The van der Waals surface area contributed by atoms with Gasteiger partial charge in [0.2, 0.25) is 5.91 Å². The van der Waals surface area contributed by atoms with Gasteiger partial charge in [-0.05, 0) is 35.9 Å². The molecule has 1 atom stereocenters. The van der Waals surface area contributed by atoms with Gasteiger partial charge < -0.3 is 10.2 Å². The van der Waals surface area contributed by atoms with Gasteiger partial charge in [0.1, 0.15) is 0 Å². The van der Waals surface area contributed by atoms with E-state index in [4.69, 9.17) is 0 Å². The fourth-order valence-corrected chi connectivity index (χ4v) is 3.02. The Labute approximate surface area is 148 Å². The number of hydrogen-bond acceptors (Lipinski definition) is 2. The summed E-state index contributed by atoms with van der Waals surface area (Å²) in [4.78, 5) is 26.1. The monoisotopic (exact) mass is 362 g/mol. The Morgan fingerprint density at radius 1 is 1.12 bits per heavy atom. The predicted octanol–water partition coefficient (Wildman–Crippen LogP) is 3.59. The summed E-state index contributed by atoms with van der Waals surface area (Å²) in [6.45, 7) is 2.34. The Morgan fingerprint density at radius 3 is 2.42 bits per heavy atom. The van der Waals surface area contributed by atoms with E-state index in [1.54, 1.807) is 4.90 Å². The zero-order valence-corrected chi connectivity index (χ0v) is 14.0. The number of alkyl halides is 3. The molecule has 7 heteroatoms. The molecule has 0 unspecified atom stereocenters. The van der Waals surface area contributed by atoms with Crippen LogP contribution in [0.5, 0.6) is 0 Å². The number of nitrogens with zero attached hydrogens (tertiary/aromatic N) is 1. The minimum atomic E-state index is -4.45. The molecule has 3 rings (SSSR count). The number of benzene rings is 2. The van der Waals surface area contributed by atoms with E-state index in [9.17, 15) is 22.8 Å². The quantitative estimate of drug-likeness (QED) is 0.907. The lowest BCUT2D eigenvalue weighted by Crippen LogP contribution is -2.39. The highest BCUT2D eigenvalue weighted by atomic mass is 19.4. The van der Waals surface area contributed by atoms with Crippen LogP contribution in [0.3, 0.4) is 0 Å². The van der Waals surface area contributed by atoms with E-state index in [0.717, 1.165) is 35.5 Å². The smallest absolute Gasteiger partial charge is 0.343 e. The van der Waals surface area contributed by atoms with Crippen molar-refractivity contribution >= 4 is 17.5 Å². The molecule has 2 aromatic rings. The van der Waals surface area contributed by atoms with Crippen molar-refractivity contribution in [1.29, 1.82) is 0 Å². The standard InChI is InChI=1S/C19H17F3N2O2/c1-12-11-24(16-5-3-2-4-15(12)16)17(25)10-23-18(26)13-6-8-14(9-7-13)19(20,21)22/h2-9,12H,10-11H2,1H3,(H,23,26)/t12-/m0/s1. The first kappa shape index (κ1) is 18.0. The van der Waals surface area contributed by atoms with Crippen LogP contribution in [0.4, 0.5) is 18.9 Å². The Bertz CT molecular complexity index is 831. The number of carbonyl (C=O) groups is 2. The van der Waals surface area contributed by atoms with Gasteiger partial charge in [-0.15, -0.1) is 0 Å². The first-order valence-electron chi connectivity index (χ1n) is 8.12. The lowest BCUT2D eigenvalue weighted by Gasteiger charge is -2.18. The van der Waals surface area contributed by atoms with Crippen LogP contribution in [-0.4, -0.2) is 24.9 Å². The molecule has 1 aliphatic rings. The number of para-hydroxylation sites is 1. The SMILES string of the molecule is C[C@H]1CN(C(=O)CNC(=O)c2ccc(C(F)(F)F)cc2)c2ccccc21. The zero-order chi connectivity index (χ0) is 18.9. The third-order valence-electron chi connectivity index (χ3n) is 4.39. The average Bonchev–Trinajstić information content (AvgIpc) is 2.96. The van der Waals surface area contributed by atoms with Gasteiger partial charge in [-0.25, -0.2) is 0 Å². The predicted molar refractivity (Wildman–Crippen MR) is 91.0 cm³/mol. The van der Waals surface area contributed by atoms with Gasteiger partial charge in [0.05, 0.1) is 12.1 Å². The van der Waals surface area contributed by atoms with Crippen LogP contribution in [0.1, 0.15) is 34.3 Å². The summed E-state index contributed by atoms with van der Waals surface area (Å²) in [5, 5.41) is 2.47. The van der Waals surface area contributed by atoms with Gasteiger partial charge in [-0.3, -0.25) is 9.59 Å². The van der Waals surface area contributed by atoms with Crippen molar-refractivity contribution in [2.24, 2.45) is 0 Å². The van der Waals surface area contributed by atoms with Crippen molar-refractivity contribution < 1.29 is 22.8 Å². The van der Waals surface area contributed by atoms with Crippen molar-refractivity contribution in [1.82, 2.24) is 5.32 Å². The third-order valence-corrected chi connectivity index (χ3v) is 4.39. The normalized spacial score (nSPS) is 16.3. The molecular weight excluding hydrogens is 345 g/mol. The van der Waals surface area contributed by atoms with Crippen molar-refractivity contribution in [2.45, 2.75) is 19.0 Å². The van der Waals surface area contributed by atoms with Crippen LogP contribution in [0.15, 0.2) is 48.5 Å². The topological polar surface area (TPSA) is 49.4 Å². The highest BCUT2D eigenvalue weighted by Gasteiger charge is 2.31. The summed E-state index contributed by atoms with van der Waals surface area (Å²) < 4.78 is 37.6. The lowest BCUT2D eigenvalue weighted by molar-refractivity contribution is -0.137.